The van der Waals surface area contributed by atoms with Crippen molar-refractivity contribution >= 4 is 0 Å². The molecule has 2 aromatic carbocycles. The zero-order chi connectivity index (χ0) is 15.2. The van der Waals surface area contributed by atoms with Crippen molar-refractivity contribution in [2.75, 3.05) is 13.1 Å². The fraction of sp³-hybridized carbons (Fsp3) is 0.400. The summed E-state index contributed by atoms with van der Waals surface area (Å²) in [5, 5.41) is 7.68. The molecule has 0 spiro atoms. The average molecular weight is 292 g/mol. The Morgan fingerprint density at radius 2 is 1.09 bits per heavy atom. The molecule has 22 heavy (non-hydrogen) atoms. The second kappa shape index (κ2) is 4.94. The van der Waals surface area contributed by atoms with E-state index >= 15 is 0 Å². The van der Waals surface area contributed by atoms with E-state index < -0.39 is 0 Å². The monoisotopic (exact) mass is 292 g/mol. The van der Waals surface area contributed by atoms with Gasteiger partial charge in [-0.15, -0.1) is 0 Å². The summed E-state index contributed by atoms with van der Waals surface area (Å²) in [4.78, 5) is 0. The van der Waals surface area contributed by atoms with Crippen LogP contribution in [-0.2, 0) is 23.9 Å². The van der Waals surface area contributed by atoms with E-state index in [4.69, 9.17) is 0 Å². The molecule has 0 saturated heterocycles. The maximum atomic E-state index is 3.84. The minimum atomic E-state index is -0.0988. The fourth-order valence-corrected chi connectivity index (χ4v) is 4.43. The Kier molecular flexibility index (Phi) is 3.14. The third kappa shape index (κ3) is 1.81. The molecule has 2 heterocycles. The predicted octanol–water partition coefficient (Wildman–Crippen LogP) is 3.11. The number of rotatable bonds is 1. The molecule has 2 aliphatic rings. The topological polar surface area (TPSA) is 24.1 Å². The van der Waals surface area contributed by atoms with Crippen molar-refractivity contribution in [3.05, 3.63) is 70.8 Å². The SMILES string of the molecule is C[C@@]1([C@]2(C)NCCc3ccccc32)NCCc2ccccc21. The molecule has 114 valence electrons. The molecule has 2 N–H and O–H groups in total. The van der Waals surface area contributed by atoms with Crippen LogP contribution in [0.3, 0.4) is 0 Å². The Bertz CT molecular complexity index is 647. The first kappa shape index (κ1) is 14.0. The predicted molar refractivity (Wildman–Crippen MR) is 91.0 cm³/mol. The first-order valence-electron chi connectivity index (χ1n) is 8.32. The Labute approximate surface area is 132 Å². The third-order valence-electron chi connectivity index (χ3n) is 5.86. The van der Waals surface area contributed by atoms with Crippen molar-refractivity contribution in [1.82, 2.24) is 10.6 Å². The molecule has 0 aliphatic carbocycles. The van der Waals surface area contributed by atoms with Crippen LogP contribution in [0.1, 0.15) is 36.1 Å². The minimum Gasteiger partial charge on any atom is -0.305 e. The molecule has 2 nitrogen and oxygen atoms in total. The van der Waals surface area contributed by atoms with Crippen molar-refractivity contribution < 1.29 is 0 Å². The van der Waals surface area contributed by atoms with Gasteiger partial charge in [0.25, 0.3) is 0 Å². The standard InChI is InChI=1S/C20H24N2/c1-19(17-9-5-3-7-15(17)11-13-21-19)20(2)18-10-6-4-8-16(18)12-14-22-20/h3-10,21-22H,11-14H2,1-2H3/t19-,20-/m1/s1. The first-order chi connectivity index (χ1) is 10.7. The highest BCUT2D eigenvalue weighted by Gasteiger charge is 2.50. The molecule has 0 saturated carbocycles. The number of benzene rings is 2. The maximum absolute atomic E-state index is 3.84. The Morgan fingerprint density at radius 3 is 1.55 bits per heavy atom. The van der Waals surface area contributed by atoms with E-state index in [9.17, 15) is 0 Å². The summed E-state index contributed by atoms with van der Waals surface area (Å²) in [5.41, 5.74) is 5.64. The molecule has 0 amide bonds. The van der Waals surface area contributed by atoms with Crippen molar-refractivity contribution in [3.63, 3.8) is 0 Å². The molecule has 0 radical (unpaired) electrons. The van der Waals surface area contributed by atoms with E-state index in [1.165, 1.54) is 22.3 Å². The van der Waals surface area contributed by atoms with E-state index in [1.807, 2.05) is 0 Å². The molecule has 2 atom stereocenters. The first-order valence-corrected chi connectivity index (χ1v) is 8.32. The molecular weight excluding hydrogens is 268 g/mol. The van der Waals surface area contributed by atoms with Crippen LogP contribution in [0.4, 0.5) is 0 Å². The van der Waals surface area contributed by atoms with Crippen LogP contribution < -0.4 is 10.6 Å². The van der Waals surface area contributed by atoms with Gasteiger partial charge in [-0.25, -0.2) is 0 Å². The van der Waals surface area contributed by atoms with Crippen LogP contribution in [0, 0.1) is 0 Å². The molecule has 0 fully saturated rings. The normalized spacial score (nSPS) is 30.5. The third-order valence-corrected chi connectivity index (χ3v) is 5.86. The van der Waals surface area contributed by atoms with Gasteiger partial charge in [-0.05, 0) is 48.9 Å². The molecular formula is C20H24N2. The smallest absolute Gasteiger partial charge is 0.0633 e. The van der Waals surface area contributed by atoms with Gasteiger partial charge in [0.05, 0.1) is 11.1 Å². The zero-order valence-corrected chi connectivity index (χ0v) is 13.4. The van der Waals surface area contributed by atoms with Gasteiger partial charge in [-0.2, -0.15) is 0 Å². The Balaban J connectivity index is 1.92. The minimum absolute atomic E-state index is 0.0988. The number of hydrogen-bond acceptors (Lipinski definition) is 2. The number of hydrogen-bond donors (Lipinski definition) is 2. The van der Waals surface area contributed by atoms with Crippen LogP contribution >= 0.6 is 0 Å². The lowest BCUT2D eigenvalue weighted by molar-refractivity contribution is 0.141. The summed E-state index contributed by atoms with van der Waals surface area (Å²) in [6.07, 6.45) is 2.23. The molecule has 4 rings (SSSR count). The van der Waals surface area contributed by atoms with Gasteiger partial charge in [-0.1, -0.05) is 48.5 Å². The van der Waals surface area contributed by atoms with Gasteiger partial charge in [0.2, 0.25) is 0 Å². The lowest BCUT2D eigenvalue weighted by Gasteiger charge is -2.53. The van der Waals surface area contributed by atoms with Crippen molar-refractivity contribution in [1.29, 1.82) is 0 Å². The van der Waals surface area contributed by atoms with Crippen LogP contribution in [0.25, 0.3) is 0 Å². The summed E-state index contributed by atoms with van der Waals surface area (Å²) >= 11 is 0. The number of nitrogens with one attached hydrogen (secondary N) is 2. The zero-order valence-electron chi connectivity index (χ0n) is 13.4. The van der Waals surface area contributed by atoms with E-state index in [0.29, 0.717) is 0 Å². The molecule has 2 aliphatic heterocycles. The Hall–Kier alpha value is -1.64. The summed E-state index contributed by atoms with van der Waals surface area (Å²) < 4.78 is 0. The van der Waals surface area contributed by atoms with Crippen molar-refractivity contribution in [2.24, 2.45) is 0 Å². The second-order valence-electron chi connectivity index (χ2n) is 6.92. The van der Waals surface area contributed by atoms with E-state index in [2.05, 4.69) is 73.0 Å². The molecule has 2 aromatic rings. The van der Waals surface area contributed by atoms with Gasteiger partial charge >= 0.3 is 0 Å². The van der Waals surface area contributed by atoms with Crippen molar-refractivity contribution in [2.45, 2.75) is 37.8 Å². The van der Waals surface area contributed by atoms with Crippen LogP contribution in [-0.4, -0.2) is 13.1 Å². The molecule has 0 unspecified atom stereocenters. The van der Waals surface area contributed by atoms with Gasteiger partial charge in [-0.3, -0.25) is 0 Å². The molecule has 2 heteroatoms. The average Bonchev–Trinajstić information content (AvgIpc) is 2.56. The second-order valence-corrected chi connectivity index (χ2v) is 6.92. The maximum Gasteiger partial charge on any atom is 0.0633 e. The van der Waals surface area contributed by atoms with Crippen LogP contribution in [0.5, 0.6) is 0 Å². The van der Waals surface area contributed by atoms with Crippen LogP contribution in [0.2, 0.25) is 0 Å². The quantitative estimate of drug-likeness (QED) is 0.844. The highest BCUT2D eigenvalue weighted by molar-refractivity contribution is 5.46. The van der Waals surface area contributed by atoms with E-state index in [0.717, 1.165) is 25.9 Å². The largest absolute Gasteiger partial charge is 0.305 e. The summed E-state index contributed by atoms with van der Waals surface area (Å²) in [7, 11) is 0. The van der Waals surface area contributed by atoms with Gasteiger partial charge in [0.1, 0.15) is 0 Å². The van der Waals surface area contributed by atoms with Gasteiger partial charge in [0, 0.05) is 13.1 Å². The van der Waals surface area contributed by atoms with Crippen molar-refractivity contribution in [3.8, 4) is 0 Å². The van der Waals surface area contributed by atoms with Crippen LogP contribution in [0.15, 0.2) is 48.5 Å². The summed E-state index contributed by atoms with van der Waals surface area (Å²) in [6, 6.07) is 17.8. The fourth-order valence-electron chi connectivity index (χ4n) is 4.43. The molecule has 0 aromatic heterocycles. The highest BCUT2D eigenvalue weighted by Crippen LogP contribution is 2.45. The lowest BCUT2D eigenvalue weighted by atomic mass is 9.65. The molecule has 0 bridgehead atoms. The summed E-state index contributed by atoms with van der Waals surface area (Å²) in [6.45, 7) is 6.79. The number of fused-ring (bicyclic) bond motifs is 2. The van der Waals surface area contributed by atoms with E-state index in [1.54, 1.807) is 0 Å². The van der Waals surface area contributed by atoms with Gasteiger partial charge in [0.15, 0.2) is 0 Å². The summed E-state index contributed by atoms with van der Waals surface area (Å²) in [5.74, 6) is 0. The van der Waals surface area contributed by atoms with Gasteiger partial charge < -0.3 is 10.6 Å². The lowest BCUT2D eigenvalue weighted by Crippen LogP contribution is -2.65. The van der Waals surface area contributed by atoms with E-state index in [-0.39, 0.29) is 11.1 Å². The Morgan fingerprint density at radius 1 is 0.682 bits per heavy atom. The highest BCUT2D eigenvalue weighted by atomic mass is 15.1.